The molecule has 1 amide bonds. The lowest BCUT2D eigenvalue weighted by Crippen LogP contribution is -2.45. The van der Waals surface area contributed by atoms with Crippen LogP contribution in [0, 0.1) is 23.7 Å². The molecule has 3 aromatic rings. The van der Waals surface area contributed by atoms with E-state index in [1.807, 2.05) is 43.6 Å². The van der Waals surface area contributed by atoms with Crippen LogP contribution < -0.4 is 4.90 Å². The molecule has 0 unspecified atom stereocenters. The molecular weight excluding hydrogens is 424 g/mol. The number of amides is 1. The number of imidazole rings is 1. The molecule has 1 saturated carbocycles. The van der Waals surface area contributed by atoms with Crippen LogP contribution in [0.2, 0.25) is 5.02 Å². The van der Waals surface area contributed by atoms with Crippen molar-refractivity contribution in [1.82, 2.24) is 9.55 Å². The van der Waals surface area contributed by atoms with Crippen molar-refractivity contribution in [3.63, 3.8) is 0 Å². The Hall–Kier alpha value is -3.04. The lowest BCUT2D eigenvalue weighted by Gasteiger charge is -2.43. The average Bonchev–Trinajstić information content (AvgIpc) is 3.27. The largest absolute Gasteiger partial charge is 0.441 e. The Morgan fingerprint density at radius 3 is 2.88 bits per heavy atom. The van der Waals surface area contributed by atoms with Crippen LogP contribution in [-0.2, 0) is 11.3 Å². The predicted octanol–water partition coefficient (Wildman–Crippen LogP) is 5.85. The first-order chi connectivity index (χ1) is 15.3. The summed E-state index contributed by atoms with van der Waals surface area (Å²) in [6.45, 7) is 5.53. The van der Waals surface area contributed by atoms with Crippen molar-refractivity contribution < 1.29 is 9.53 Å². The van der Waals surface area contributed by atoms with Crippen LogP contribution in [0.4, 0.5) is 10.5 Å². The van der Waals surface area contributed by atoms with Crippen molar-refractivity contribution >= 4 is 34.4 Å². The van der Waals surface area contributed by atoms with Crippen molar-refractivity contribution in [1.29, 1.82) is 5.26 Å². The number of carbonyl (C=O) groups excluding carboxylic acids is 1. The van der Waals surface area contributed by atoms with Gasteiger partial charge in [-0.2, -0.15) is 5.26 Å². The Morgan fingerprint density at radius 1 is 1.25 bits per heavy atom. The topological polar surface area (TPSA) is 71.2 Å². The van der Waals surface area contributed by atoms with Crippen LogP contribution in [-0.4, -0.2) is 27.8 Å². The van der Waals surface area contributed by atoms with Gasteiger partial charge >= 0.3 is 6.09 Å². The van der Waals surface area contributed by atoms with Crippen molar-refractivity contribution in [3.05, 3.63) is 58.9 Å². The third kappa shape index (κ3) is 3.61. The number of nitrogens with zero attached hydrogens (tertiary/aromatic N) is 4. The van der Waals surface area contributed by atoms with Crippen molar-refractivity contribution in [3.8, 4) is 6.07 Å². The average molecular weight is 449 g/mol. The van der Waals surface area contributed by atoms with Crippen LogP contribution in [0.5, 0.6) is 0 Å². The highest BCUT2D eigenvalue weighted by atomic mass is 35.5. The molecule has 2 aromatic carbocycles. The Morgan fingerprint density at radius 2 is 2.09 bits per heavy atom. The van der Waals surface area contributed by atoms with E-state index < -0.39 is 5.60 Å². The third-order valence-electron chi connectivity index (χ3n) is 6.88. The van der Waals surface area contributed by atoms with Gasteiger partial charge in [-0.15, -0.1) is 0 Å². The van der Waals surface area contributed by atoms with Gasteiger partial charge in [0.05, 0.1) is 41.2 Å². The van der Waals surface area contributed by atoms with Crippen molar-refractivity contribution in [2.24, 2.45) is 5.41 Å². The van der Waals surface area contributed by atoms with E-state index in [0.717, 1.165) is 54.5 Å². The van der Waals surface area contributed by atoms with Crippen LogP contribution in [0.25, 0.3) is 11.0 Å². The number of aromatic nitrogens is 2. The summed E-state index contributed by atoms with van der Waals surface area (Å²) in [6.07, 6.45) is 5.25. The molecule has 32 heavy (non-hydrogen) atoms. The number of carbonyl (C=O) groups is 1. The first kappa shape index (κ1) is 20.8. The summed E-state index contributed by atoms with van der Waals surface area (Å²) < 4.78 is 8.20. The van der Waals surface area contributed by atoms with Gasteiger partial charge in [-0.05, 0) is 80.0 Å². The summed E-state index contributed by atoms with van der Waals surface area (Å²) in [5.74, 6) is 0. The number of anilines is 1. The minimum absolute atomic E-state index is 0.0557. The van der Waals surface area contributed by atoms with E-state index in [-0.39, 0.29) is 11.5 Å². The van der Waals surface area contributed by atoms with Crippen LogP contribution >= 0.6 is 11.6 Å². The monoisotopic (exact) mass is 448 g/mol. The standard InChI is InChI=1S/C25H25ClN4O2/c1-17-10-19(26)5-7-21(17)30-15-25(32-23(30)31)9-3-8-24(2,13-25)14-29-16-28-20-6-4-18(12-27)11-22(20)29/h4-7,10-11,16H,3,8-9,13-15H2,1-2H3/t24-,25-/m0/s1. The maximum atomic E-state index is 12.9. The number of nitriles is 1. The molecule has 5 rings (SSSR count). The molecule has 2 aliphatic rings. The number of fused-ring (bicyclic) bond motifs is 1. The molecule has 0 bridgehead atoms. The molecule has 1 saturated heterocycles. The van der Waals surface area contributed by atoms with Gasteiger partial charge < -0.3 is 9.30 Å². The fourth-order valence-electron chi connectivity index (χ4n) is 5.54. The Balaban J connectivity index is 1.40. The number of hydrogen-bond acceptors (Lipinski definition) is 4. The van der Waals surface area contributed by atoms with Gasteiger partial charge in [-0.3, -0.25) is 4.90 Å². The van der Waals surface area contributed by atoms with E-state index >= 15 is 0 Å². The molecule has 2 atom stereocenters. The van der Waals surface area contributed by atoms with E-state index in [2.05, 4.69) is 22.5 Å². The van der Waals surface area contributed by atoms with Crippen LogP contribution in [0.3, 0.4) is 0 Å². The lowest BCUT2D eigenvalue weighted by atomic mass is 9.68. The van der Waals surface area contributed by atoms with Crippen LogP contribution in [0.15, 0.2) is 42.7 Å². The SMILES string of the molecule is Cc1cc(Cl)ccc1N1C[C@@]2(CCC[C@](C)(Cn3cnc4ccc(C#N)cc43)C2)OC1=O. The minimum Gasteiger partial charge on any atom is -0.441 e. The molecule has 1 aliphatic carbocycles. The molecule has 164 valence electrons. The number of aryl methyl sites for hydroxylation is 1. The van der Waals surface area contributed by atoms with E-state index in [9.17, 15) is 10.1 Å². The van der Waals surface area contributed by atoms with Crippen molar-refractivity contribution in [2.45, 2.75) is 51.7 Å². The van der Waals surface area contributed by atoms with Gasteiger partial charge in [0.1, 0.15) is 5.60 Å². The zero-order valence-corrected chi connectivity index (χ0v) is 19.0. The fraction of sp³-hybridized carbons (Fsp3) is 0.400. The second-order valence-electron chi connectivity index (χ2n) is 9.60. The predicted molar refractivity (Wildman–Crippen MR) is 124 cm³/mol. The van der Waals surface area contributed by atoms with Crippen molar-refractivity contribution in [2.75, 3.05) is 11.4 Å². The maximum absolute atomic E-state index is 12.9. The number of hydrogen-bond donors (Lipinski definition) is 0. The van der Waals surface area contributed by atoms with E-state index in [4.69, 9.17) is 16.3 Å². The highest BCUT2D eigenvalue weighted by Crippen LogP contribution is 2.48. The first-order valence-electron chi connectivity index (χ1n) is 10.9. The number of ether oxygens (including phenoxy) is 1. The number of rotatable bonds is 3. The van der Waals surface area contributed by atoms with E-state index in [1.165, 1.54) is 0 Å². The summed E-state index contributed by atoms with van der Waals surface area (Å²) in [5, 5.41) is 9.93. The van der Waals surface area contributed by atoms with E-state index in [0.29, 0.717) is 17.1 Å². The Bertz CT molecular complexity index is 1260. The molecule has 1 spiro atoms. The maximum Gasteiger partial charge on any atom is 0.415 e. The molecular formula is C25H25ClN4O2. The molecule has 7 heteroatoms. The van der Waals surface area contributed by atoms with Gasteiger partial charge in [-0.25, -0.2) is 9.78 Å². The molecule has 0 radical (unpaired) electrons. The zero-order valence-electron chi connectivity index (χ0n) is 18.3. The summed E-state index contributed by atoms with van der Waals surface area (Å²) in [7, 11) is 0. The van der Waals surface area contributed by atoms with Gasteiger partial charge in [0, 0.05) is 11.6 Å². The molecule has 1 aromatic heterocycles. The smallest absolute Gasteiger partial charge is 0.415 e. The third-order valence-corrected chi connectivity index (χ3v) is 7.12. The van der Waals surface area contributed by atoms with Crippen LogP contribution in [0.1, 0.15) is 43.7 Å². The highest BCUT2D eigenvalue weighted by molar-refractivity contribution is 6.30. The highest BCUT2D eigenvalue weighted by Gasteiger charge is 2.51. The summed E-state index contributed by atoms with van der Waals surface area (Å²) in [5.41, 5.74) is 3.74. The van der Waals surface area contributed by atoms with Gasteiger partial charge in [0.2, 0.25) is 0 Å². The second kappa shape index (κ2) is 7.53. The van der Waals surface area contributed by atoms with E-state index in [1.54, 1.807) is 11.0 Å². The first-order valence-corrected chi connectivity index (χ1v) is 11.3. The molecule has 0 N–H and O–H groups in total. The minimum atomic E-state index is -0.496. The molecule has 1 aliphatic heterocycles. The number of halogens is 1. The second-order valence-corrected chi connectivity index (χ2v) is 10.0. The molecule has 2 fully saturated rings. The number of benzene rings is 2. The van der Waals surface area contributed by atoms with Gasteiger partial charge in [0.25, 0.3) is 0 Å². The zero-order chi connectivity index (χ0) is 22.5. The fourth-order valence-corrected chi connectivity index (χ4v) is 5.77. The normalized spacial score (nSPS) is 25.3. The lowest BCUT2D eigenvalue weighted by molar-refractivity contribution is -0.0264. The summed E-state index contributed by atoms with van der Waals surface area (Å²) >= 11 is 6.11. The quantitative estimate of drug-likeness (QED) is 0.504. The Labute approximate surface area is 192 Å². The van der Waals surface area contributed by atoms with Gasteiger partial charge in [-0.1, -0.05) is 18.5 Å². The molecule has 2 heterocycles. The summed E-state index contributed by atoms with van der Waals surface area (Å²) in [4.78, 5) is 19.1. The summed E-state index contributed by atoms with van der Waals surface area (Å²) in [6, 6.07) is 13.4. The molecule has 6 nitrogen and oxygen atoms in total. The Kier molecular flexibility index (Phi) is 4.90. The van der Waals surface area contributed by atoms with Gasteiger partial charge in [0.15, 0.2) is 0 Å².